The fourth-order valence-corrected chi connectivity index (χ4v) is 8.03. The molecule has 1 aliphatic rings. The summed E-state index contributed by atoms with van der Waals surface area (Å²) in [6.07, 6.45) is 1.18. The second kappa shape index (κ2) is 13.2. The van der Waals surface area contributed by atoms with E-state index >= 15 is 0 Å². The van der Waals surface area contributed by atoms with Crippen LogP contribution in [0.25, 0.3) is 22.3 Å². The Balaban J connectivity index is 1.37. The number of piperazine rings is 1. The Labute approximate surface area is 296 Å². The molecule has 1 fully saturated rings. The van der Waals surface area contributed by atoms with Crippen molar-refractivity contribution >= 4 is 60.5 Å². The zero-order valence-electron chi connectivity index (χ0n) is 28.1. The molecule has 3 aromatic heterocycles. The van der Waals surface area contributed by atoms with Crippen LogP contribution in [0.1, 0.15) is 31.9 Å². The minimum absolute atomic E-state index is 0.00851. The first-order chi connectivity index (χ1) is 23.5. The minimum Gasteiger partial charge on any atom is -0.444 e. The van der Waals surface area contributed by atoms with Gasteiger partial charge in [0.15, 0.2) is 5.65 Å². The van der Waals surface area contributed by atoms with E-state index in [4.69, 9.17) is 16.3 Å². The first kappa shape index (κ1) is 35.1. The first-order valence-corrected chi connectivity index (χ1v) is 19.0. The molecule has 1 aliphatic heterocycles. The molecule has 2 aromatic carbocycles. The third kappa shape index (κ3) is 7.25. The third-order valence-electron chi connectivity index (χ3n) is 7.99. The van der Waals surface area contributed by atoms with Gasteiger partial charge in [-0.3, -0.25) is 0 Å². The molecule has 50 heavy (non-hydrogen) atoms. The second-order valence-corrected chi connectivity index (χ2v) is 16.8. The standard InChI is InChI=1S/C34H36ClN7O6S2/c1-22-6-11-25(12-7-22)49(44,45)39-32-37-30(35)27-20-28(42(31(27)38-32)50(46,47)26-13-8-23(2)9-14-26)24-10-15-29(36-21-24)40-16-18-41(19-17-40)33(43)48-34(3,4)5/h6-15,20-21H,16-19H2,1-5H3,(H,37,38,39). The first-order valence-electron chi connectivity index (χ1n) is 15.7. The summed E-state index contributed by atoms with van der Waals surface area (Å²) in [6.45, 7) is 11.1. The Kier molecular flexibility index (Phi) is 9.26. The molecule has 4 heterocycles. The molecule has 262 valence electrons. The topological polar surface area (TPSA) is 157 Å². The number of pyridine rings is 1. The number of amides is 1. The van der Waals surface area contributed by atoms with Crippen molar-refractivity contribution in [3.63, 3.8) is 0 Å². The number of fused-ring (bicyclic) bond motifs is 1. The van der Waals surface area contributed by atoms with Crippen LogP contribution >= 0.6 is 11.6 Å². The molecule has 0 saturated carbocycles. The van der Waals surface area contributed by atoms with Crippen molar-refractivity contribution in [2.24, 2.45) is 0 Å². The number of nitrogens with zero attached hydrogens (tertiary/aromatic N) is 6. The molecule has 0 radical (unpaired) electrons. The monoisotopic (exact) mass is 737 g/mol. The number of carbonyl (C=O) groups excluding carboxylic acids is 1. The van der Waals surface area contributed by atoms with Crippen LogP contribution in [0, 0.1) is 13.8 Å². The van der Waals surface area contributed by atoms with Crippen molar-refractivity contribution in [3.05, 3.63) is 89.2 Å². The van der Waals surface area contributed by atoms with Gasteiger partial charge < -0.3 is 14.5 Å². The lowest BCUT2D eigenvalue weighted by molar-refractivity contribution is 0.0240. The van der Waals surface area contributed by atoms with E-state index in [1.807, 2.05) is 39.5 Å². The molecular weight excluding hydrogens is 702 g/mol. The van der Waals surface area contributed by atoms with Crippen molar-refractivity contribution in [1.29, 1.82) is 0 Å². The number of nitrogens with one attached hydrogen (secondary N) is 1. The summed E-state index contributed by atoms with van der Waals surface area (Å²) < 4.78 is 63.9. The third-order valence-corrected chi connectivity index (χ3v) is 11.3. The molecular formula is C34H36ClN7O6S2. The fraction of sp³-hybridized carbons (Fsp3) is 0.294. The summed E-state index contributed by atoms with van der Waals surface area (Å²) in [7, 11) is -8.44. The van der Waals surface area contributed by atoms with Crippen molar-refractivity contribution in [2.45, 2.75) is 50.0 Å². The normalized spacial score (nSPS) is 14.2. The highest BCUT2D eigenvalue weighted by atomic mass is 35.5. The Morgan fingerprint density at radius 1 is 0.840 bits per heavy atom. The summed E-state index contributed by atoms with van der Waals surface area (Å²) in [5.41, 5.74) is 1.67. The lowest BCUT2D eigenvalue weighted by Gasteiger charge is -2.36. The molecule has 0 aliphatic carbocycles. The van der Waals surface area contributed by atoms with Gasteiger partial charge in [0.2, 0.25) is 5.95 Å². The lowest BCUT2D eigenvalue weighted by Crippen LogP contribution is -2.50. The van der Waals surface area contributed by atoms with Gasteiger partial charge in [-0.05, 0) is 77.1 Å². The van der Waals surface area contributed by atoms with E-state index in [1.165, 1.54) is 30.3 Å². The largest absolute Gasteiger partial charge is 0.444 e. The fourth-order valence-electron chi connectivity index (χ4n) is 5.39. The van der Waals surface area contributed by atoms with Crippen molar-refractivity contribution in [1.82, 2.24) is 23.8 Å². The maximum Gasteiger partial charge on any atom is 0.410 e. The number of aryl methyl sites for hydroxylation is 2. The lowest BCUT2D eigenvalue weighted by atomic mass is 10.2. The van der Waals surface area contributed by atoms with Crippen LogP contribution in [0.4, 0.5) is 16.6 Å². The van der Waals surface area contributed by atoms with Gasteiger partial charge in [0.05, 0.1) is 20.9 Å². The zero-order chi connectivity index (χ0) is 36.0. The molecule has 5 aromatic rings. The number of aromatic nitrogens is 4. The zero-order valence-corrected chi connectivity index (χ0v) is 30.5. The van der Waals surface area contributed by atoms with E-state index in [0.717, 1.165) is 15.1 Å². The van der Waals surface area contributed by atoms with Crippen molar-refractivity contribution in [2.75, 3.05) is 35.8 Å². The smallest absolute Gasteiger partial charge is 0.410 e. The number of ether oxygens (including phenoxy) is 1. The van der Waals surface area contributed by atoms with Gasteiger partial charge in [0, 0.05) is 37.9 Å². The van der Waals surface area contributed by atoms with E-state index in [0.29, 0.717) is 37.6 Å². The number of hydrogen-bond donors (Lipinski definition) is 1. The van der Waals surface area contributed by atoms with E-state index in [2.05, 4.69) is 19.7 Å². The molecule has 13 nitrogen and oxygen atoms in total. The van der Waals surface area contributed by atoms with Gasteiger partial charge in [-0.1, -0.05) is 47.0 Å². The number of rotatable bonds is 7. The highest BCUT2D eigenvalue weighted by molar-refractivity contribution is 7.92. The predicted octanol–water partition coefficient (Wildman–Crippen LogP) is 5.86. The molecule has 6 rings (SSSR count). The van der Waals surface area contributed by atoms with E-state index in [-0.39, 0.29) is 37.8 Å². The van der Waals surface area contributed by atoms with Gasteiger partial charge >= 0.3 is 6.09 Å². The Morgan fingerprint density at radius 2 is 1.44 bits per heavy atom. The van der Waals surface area contributed by atoms with Crippen LogP contribution in [0.3, 0.4) is 0 Å². The number of anilines is 2. The maximum absolute atomic E-state index is 14.3. The van der Waals surface area contributed by atoms with Crippen LogP contribution in [0.15, 0.2) is 82.7 Å². The number of halogens is 1. The number of sulfonamides is 1. The molecule has 1 saturated heterocycles. The highest BCUT2D eigenvalue weighted by Crippen LogP contribution is 2.35. The Bertz CT molecular complexity index is 2280. The van der Waals surface area contributed by atoms with Gasteiger partial charge in [0.25, 0.3) is 20.0 Å². The SMILES string of the molecule is Cc1ccc(S(=O)(=O)Nc2nc(Cl)c3cc(-c4ccc(N5CCN(C(=O)OC(C)(C)C)CC5)nc4)n(S(=O)(=O)c4ccc(C)cc4)c3n2)cc1. The number of hydrogen-bond acceptors (Lipinski definition) is 10. The molecule has 1 amide bonds. The molecule has 1 N–H and O–H groups in total. The van der Waals surface area contributed by atoms with E-state index in [1.54, 1.807) is 47.5 Å². The predicted molar refractivity (Wildman–Crippen MR) is 192 cm³/mol. The summed E-state index contributed by atoms with van der Waals surface area (Å²) >= 11 is 6.59. The van der Waals surface area contributed by atoms with Crippen LogP contribution in [0.2, 0.25) is 5.15 Å². The van der Waals surface area contributed by atoms with Crippen LogP contribution < -0.4 is 9.62 Å². The summed E-state index contributed by atoms with van der Waals surface area (Å²) in [5, 5.41) is 0.0427. The Hall–Kier alpha value is -4.73. The van der Waals surface area contributed by atoms with E-state index < -0.39 is 31.6 Å². The minimum atomic E-state index is -4.31. The quantitative estimate of drug-likeness (QED) is 0.201. The molecule has 16 heteroatoms. The molecule has 0 bridgehead atoms. The molecule has 0 atom stereocenters. The summed E-state index contributed by atoms with van der Waals surface area (Å²) in [5.74, 6) is 0.249. The maximum atomic E-state index is 14.3. The van der Waals surface area contributed by atoms with Crippen molar-refractivity contribution in [3.8, 4) is 11.3 Å². The number of carbonyl (C=O) groups is 1. The van der Waals surface area contributed by atoms with Gasteiger partial charge in [-0.15, -0.1) is 0 Å². The highest BCUT2D eigenvalue weighted by Gasteiger charge is 2.29. The second-order valence-electron chi connectivity index (χ2n) is 13.0. The van der Waals surface area contributed by atoms with Crippen LogP contribution in [-0.2, 0) is 24.8 Å². The number of benzene rings is 2. The average Bonchev–Trinajstić information content (AvgIpc) is 3.45. The van der Waals surface area contributed by atoms with Crippen molar-refractivity contribution < 1.29 is 26.4 Å². The average molecular weight is 738 g/mol. The summed E-state index contributed by atoms with van der Waals surface area (Å²) in [4.78, 5) is 29.3. The van der Waals surface area contributed by atoms with Crippen LogP contribution in [0.5, 0.6) is 0 Å². The molecule has 0 unspecified atom stereocenters. The molecule has 0 spiro atoms. The van der Waals surface area contributed by atoms with Gasteiger partial charge in [-0.25, -0.2) is 35.3 Å². The summed E-state index contributed by atoms with van der Waals surface area (Å²) in [6, 6.07) is 17.6. The van der Waals surface area contributed by atoms with E-state index in [9.17, 15) is 21.6 Å². The Morgan fingerprint density at radius 3 is 2.00 bits per heavy atom. The van der Waals surface area contributed by atoms with Gasteiger partial charge in [-0.2, -0.15) is 9.97 Å². The van der Waals surface area contributed by atoms with Crippen LogP contribution in [-0.4, -0.2) is 78.5 Å². The van der Waals surface area contributed by atoms with Gasteiger partial charge in [0.1, 0.15) is 16.6 Å².